The van der Waals surface area contributed by atoms with Gasteiger partial charge in [-0.15, -0.1) is 0 Å². The average Bonchev–Trinajstić information content (AvgIpc) is 3.10. The van der Waals surface area contributed by atoms with E-state index in [4.69, 9.17) is 4.74 Å². The number of methoxy groups -OCH3 is 1. The first-order chi connectivity index (χ1) is 23.3. The van der Waals surface area contributed by atoms with Crippen molar-refractivity contribution in [1.82, 2.24) is 25.1 Å². The molecule has 2 atom stereocenters. The highest BCUT2D eigenvalue weighted by Crippen LogP contribution is 2.30. The zero-order valence-corrected chi connectivity index (χ0v) is 26.6. The predicted molar refractivity (Wildman–Crippen MR) is 177 cm³/mol. The van der Waals surface area contributed by atoms with Crippen LogP contribution >= 0.6 is 0 Å². The van der Waals surface area contributed by atoms with Crippen LogP contribution in [0.1, 0.15) is 32.6 Å². The summed E-state index contributed by atoms with van der Waals surface area (Å²) in [5.41, 5.74) is 3.64. The molecule has 0 aromatic heterocycles. The van der Waals surface area contributed by atoms with E-state index in [2.05, 4.69) is 5.32 Å². The Morgan fingerprint density at radius 2 is 1.48 bits per heavy atom. The number of rotatable bonds is 9. The van der Waals surface area contributed by atoms with Crippen molar-refractivity contribution in [2.24, 2.45) is 0 Å². The lowest BCUT2D eigenvalue weighted by atomic mass is 9.98. The number of benzene rings is 4. The summed E-state index contributed by atoms with van der Waals surface area (Å²) in [5, 5.41) is 16.2. The fraction of sp³-hybridized carbons (Fsp3) is 0.243. The number of carbonyl (C=O) groups excluding carboxylic acids is 4. The van der Waals surface area contributed by atoms with Crippen LogP contribution in [0.2, 0.25) is 0 Å². The second-order valence-corrected chi connectivity index (χ2v) is 11.9. The summed E-state index contributed by atoms with van der Waals surface area (Å²) in [6.45, 7) is 0.656. The summed E-state index contributed by atoms with van der Waals surface area (Å²) in [7, 11) is 1.31. The second-order valence-electron chi connectivity index (χ2n) is 11.9. The second kappa shape index (κ2) is 14.4. The van der Waals surface area contributed by atoms with Crippen molar-refractivity contribution in [2.45, 2.75) is 38.3 Å². The predicted octanol–water partition coefficient (Wildman–Crippen LogP) is 3.93. The molecule has 0 unspecified atom stereocenters. The van der Waals surface area contributed by atoms with Crippen molar-refractivity contribution < 1.29 is 29.0 Å². The molecule has 4 aromatic rings. The molecular formula is C37H37N5O6. The lowest BCUT2D eigenvalue weighted by Gasteiger charge is -2.55. The maximum atomic E-state index is 14.3. The molecule has 2 fully saturated rings. The van der Waals surface area contributed by atoms with Crippen LogP contribution in [0.4, 0.5) is 4.79 Å². The third kappa shape index (κ3) is 7.16. The molecule has 48 heavy (non-hydrogen) atoms. The van der Waals surface area contributed by atoms with Gasteiger partial charge in [0.15, 0.2) is 0 Å². The number of fused-ring (bicyclic) bond motifs is 1. The molecule has 11 heteroatoms. The van der Waals surface area contributed by atoms with Crippen LogP contribution in [0.15, 0.2) is 109 Å². The monoisotopic (exact) mass is 647 g/mol. The summed E-state index contributed by atoms with van der Waals surface area (Å²) in [6.07, 6.45) is -0.646. The topological polar surface area (TPSA) is 123 Å². The van der Waals surface area contributed by atoms with Gasteiger partial charge in [0.2, 0.25) is 11.8 Å². The Hall–Kier alpha value is -5.68. The molecule has 2 aliphatic heterocycles. The van der Waals surface area contributed by atoms with Crippen molar-refractivity contribution in [3.63, 3.8) is 0 Å². The van der Waals surface area contributed by atoms with Gasteiger partial charge < -0.3 is 25.0 Å². The average molecular weight is 648 g/mol. The van der Waals surface area contributed by atoms with Gasteiger partial charge in [-0.3, -0.25) is 9.59 Å². The largest absolute Gasteiger partial charge is 0.508 e. The van der Waals surface area contributed by atoms with Crippen molar-refractivity contribution >= 4 is 23.8 Å². The first kappa shape index (κ1) is 32.3. The molecule has 0 bridgehead atoms. The Kier molecular flexibility index (Phi) is 9.67. The standard InChI is InChI=1S/C37H37N5O6/c1-48-36(46)30-14-8-13-29(19-30)22-39-24-33-41(32(35(39)45)20-26-15-17-31(43)18-16-26)34(44)25-40(23-28-11-6-3-7-12-28)42(33)37(47)38-21-27-9-4-2-5-10-27/h2-19,32-33,43H,20-25H2,1H3,(H,38,47)/t32-,33-/m0/s1. The molecule has 11 nitrogen and oxygen atoms in total. The number of hydrogen-bond donors (Lipinski definition) is 2. The van der Waals surface area contributed by atoms with Gasteiger partial charge in [-0.25, -0.2) is 19.6 Å². The highest BCUT2D eigenvalue weighted by molar-refractivity contribution is 5.92. The highest BCUT2D eigenvalue weighted by atomic mass is 16.5. The minimum atomic E-state index is -0.923. The molecule has 2 saturated heterocycles. The van der Waals surface area contributed by atoms with Crippen LogP contribution < -0.4 is 5.32 Å². The number of hydrogen-bond acceptors (Lipinski definition) is 7. The summed E-state index contributed by atoms with van der Waals surface area (Å²) in [4.78, 5) is 58.0. The smallest absolute Gasteiger partial charge is 0.337 e. The maximum Gasteiger partial charge on any atom is 0.337 e. The number of carbonyl (C=O) groups is 4. The third-order valence-corrected chi connectivity index (χ3v) is 8.62. The van der Waals surface area contributed by atoms with E-state index in [1.54, 1.807) is 62.3 Å². The van der Waals surface area contributed by atoms with Crippen LogP contribution in [0.5, 0.6) is 5.75 Å². The summed E-state index contributed by atoms with van der Waals surface area (Å²) >= 11 is 0. The first-order valence-electron chi connectivity index (χ1n) is 15.8. The Labute approximate surface area is 278 Å². The van der Waals surface area contributed by atoms with E-state index in [9.17, 15) is 24.3 Å². The SMILES string of the molecule is COC(=O)c1cccc(CN2C[C@H]3N(C(=O)CN(Cc4ccccc4)N3C(=O)NCc3ccccc3)[C@@H](Cc3ccc(O)cc3)C2=O)c1. The van der Waals surface area contributed by atoms with Gasteiger partial charge >= 0.3 is 12.0 Å². The molecular weight excluding hydrogens is 610 g/mol. The number of hydrazine groups is 1. The quantitative estimate of drug-likeness (QED) is 0.264. The van der Waals surface area contributed by atoms with Gasteiger partial charge in [0.05, 0.1) is 25.8 Å². The molecule has 4 aromatic carbocycles. The van der Waals surface area contributed by atoms with Crippen molar-refractivity contribution in [3.05, 3.63) is 137 Å². The highest BCUT2D eigenvalue weighted by Gasteiger charge is 2.51. The van der Waals surface area contributed by atoms with Crippen LogP contribution in [0, 0.1) is 0 Å². The van der Waals surface area contributed by atoms with Crippen LogP contribution in [0.25, 0.3) is 0 Å². The summed E-state index contributed by atoms with van der Waals surface area (Å²) in [6, 6.07) is 31.2. The Morgan fingerprint density at radius 3 is 2.17 bits per heavy atom. The van der Waals surface area contributed by atoms with Crippen LogP contribution in [0.3, 0.4) is 0 Å². The van der Waals surface area contributed by atoms with Crippen molar-refractivity contribution in [3.8, 4) is 5.75 Å². The molecule has 0 radical (unpaired) electrons. The zero-order chi connectivity index (χ0) is 33.6. The van der Waals surface area contributed by atoms with E-state index in [0.29, 0.717) is 17.7 Å². The number of urea groups is 1. The van der Waals surface area contributed by atoms with E-state index in [1.165, 1.54) is 7.11 Å². The minimum Gasteiger partial charge on any atom is -0.508 e. The Balaban J connectivity index is 1.37. The van der Waals surface area contributed by atoms with E-state index < -0.39 is 24.2 Å². The van der Waals surface area contributed by atoms with Gasteiger partial charge in [0.25, 0.3) is 0 Å². The number of piperazine rings is 1. The number of esters is 1. The third-order valence-electron chi connectivity index (χ3n) is 8.62. The molecule has 0 saturated carbocycles. The van der Waals surface area contributed by atoms with Gasteiger partial charge in [-0.2, -0.15) is 0 Å². The maximum absolute atomic E-state index is 14.3. The molecule has 0 aliphatic carbocycles. The molecule has 6 rings (SSSR count). The molecule has 2 heterocycles. The molecule has 2 N–H and O–H groups in total. The minimum absolute atomic E-state index is 0.0448. The van der Waals surface area contributed by atoms with Crippen LogP contribution in [-0.2, 0) is 40.4 Å². The lowest BCUT2D eigenvalue weighted by Crippen LogP contribution is -2.76. The molecule has 0 spiro atoms. The number of amides is 4. The van der Waals surface area contributed by atoms with Gasteiger partial charge in [0, 0.05) is 26.1 Å². The van der Waals surface area contributed by atoms with Crippen LogP contribution in [-0.4, -0.2) is 81.1 Å². The number of phenols is 1. The van der Waals surface area contributed by atoms with E-state index >= 15 is 0 Å². The van der Waals surface area contributed by atoms with Gasteiger partial charge in [0.1, 0.15) is 18.0 Å². The molecule has 4 amide bonds. The normalized spacial score (nSPS) is 18.0. The fourth-order valence-corrected chi connectivity index (χ4v) is 6.31. The van der Waals surface area contributed by atoms with E-state index in [0.717, 1.165) is 16.7 Å². The molecule has 246 valence electrons. The van der Waals surface area contributed by atoms with Gasteiger partial charge in [-0.1, -0.05) is 84.9 Å². The number of ether oxygens (including phenoxy) is 1. The fourth-order valence-electron chi connectivity index (χ4n) is 6.31. The molecule has 2 aliphatic rings. The number of phenolic OH excluding ortho intramolecular Hbond substituents is 1. The zero-order valence-electron chi connectivity index (χ0n) is 26.6. The van der Waals surface area contributed by atoms with Crippen molar-refractivity contribution in [2.75, 3.05) is 20.2 Å². The Bertz CT molecular complexity index is 1770. The number of aromatic hydroxyl groups is 1. The number of nitrogens with zero attached hydrogens (tertiary/aromatic N) is 4. The number of nitrogens with one attached hydrogen (secondary N) is 1. The summed E-state index contributed by atoms with van der Waals surface area (Å²) < 4.78 is 4.89. The lowest BCUT2D eigenvalue weighted by molar-refractivity contribution is -0.192. The van der Waals surface area contributed by atoms with E-state index in [1.807, 2.05) is 66.7 Å². The Morgan fingerprint density at radius 1 is 0.812 bits per heavy atom. The van der Waals surface area contributed by atoms with E-state index in [-0.39, 0.29) is 50.2 Å². The summed E-state index contributed by atoms with van der Waals surface area (Å²) in [5.74, 6) is -0.954. The first-order valence-corrected chi connectivity index (χ1v) is 15.8. The van der Waals surface area contributed by atoms with Crippen molar-refractivity contribution in [1.29, 1.82) is 0 Å². The van der Waals surface area contributed by atoms with Gasteiger partial charge in [-0.05, 0) is 46.5 Å².